The van der Waals surface area contributed by atoms with Crippen LogP contribution in [0.2, 0.25) is 5.02 Å². The van der Waals surface area contributed by atoms with Crippen molar-refractivity contribution in [3.05, 3.63) is 70.6 Å². The highest BCUT2D eigenvalue weighted by Gasteiger charge is 2.43. The molecule has 222 valence electrons. The molecule has 4 heterocycles. The number of nitrogens with zero attached hydrogens (tertiary/aromatic N) is 5. The van der Waals surface area contributed by atoms with Crippen LogP contribution in [0.1, 0.15) is 49.6 Å². The van der Waals surface area contributed by atoms with Gasteiger partial charge in [-0.3, -0.25) is 4.79 Å². The van der Waals surface area contributed by atoms with E-state index < -0.39 is 17.1 Å². The Balaban J connectivity index is 1.38. The molecular formula is C32H37ClFN5O3. The molecule has 0 N–H and O–H groups in total. The van der Waals surface area contributed by atoms with Crippen LogP contribution in [-0.4, -0.2) is 78.1 Å². The highest BCUT2D eigenvalue weighted by atomic mass is 35.5. The molecule has 0 bridgehead atoms. The van der Waals surface area contributed by atoms with Crippen molar-refractivity contribution in [3.8, 4) is 6.01 Å². The number of ether oxygens (including phenoxy) is 2. The first-order valence-corrected chi connectivity index (χ1v) is 14.9. The number of aromatic nitrogens is 2. The molecular weight excluding hydrogens is 557 g/mol. The standard InChI is InChI=1S/C32H37ClFN5O3/c1-20(34)30(40)39-16-14-38(15-17-39)29-24-19-41-28(23-11-5-8-21-9-6-12-25(33)26(21)23)32(2,3)27(24)35-31(36-29)42-18-22-10-7-13-37(22)4/h5-6,8-9,11-12,22,28H,1,7,10,13-19H2,2-4H3/t22-,28?/m0/s1. The summed E-state index contributed by atoms with van der Waals surface area (Å²) < 4.78 is 26.5. The minimum atomic E-state index is -0.940. The van der Waals surface area contributed by atoms with Gasteiger partial charge in [0.05, 0.1) is 18.4 Å². The molecule has 10 heteroatoms. The number of carbonyl (C=O) groups excluding carboxylic acids is 1. The fourth-order valence-corrected chi connectivity index (χ4v) is 6.91. The van der Waals surface area contributed by atoms with Crippen LogP contribution in [0.25, 0.3) is 10.8 Å². The molecule has 0 spiro atoms. The molecule has 3 aromatic rings. The second-order valence-electron chi connectivity index (χ2n) is 12.0. The first-order chi connectivity index (χ1) is 20.1. The normalized spacial score (nSPS) is 22.3. The first-order valence-electron chi connectivity index (χ1n) is 14.6. The van der Waals surface area contributed by atoms with Crippen LogP contribution in [0, 0.1) is 0 Å². The van der Waals surface area contributed by atoms with E-state index in [4.69, 9.17) is 31.0 Å². The van der Waals surface area contributed by atoms with Gasteiger partial charge in [-0.2, -0.15) is 9.97 Å². The molecule has 2 atom stereocenters. The molecule has 42 heavy (non-hydrogen) atoms. The molecule has 2 aromatic carbocycles. The highest BCUT2D eigenvalue weighted by Crippen LogP contribution is 2.49. The molecule has 0 saturated carbocycles. The lowest BCUT2D eigenvalue weighted by Gasteiger charge is -2.42. The Morgan fingerprint density at radius 2 is 1.88 bits per heavy atom. The number of amides is 1. The van der Waals surface area contributed by atoms with Crippen LogP contribution in [-0.2, 0) is 21.6 Å². The molecule has 1 unspecified atom stereocenters. The third-order valence-electron chi connectivity index (χ3n) is 8.97. The third kappa shape index (κ3) is 5.23. The molecule has 8 nitrogen and oxygen atoms in total. The van der Waals surface area contributed by atoms with Gasteiger partial charge >= 0.3 is 6.01 Å². The van der Waals surface area contributed by atoms with E-state index in [9.17, 15) is 9.18 Å². The van der Waals surface area contributed by atoms with Crippen molar-refractivity contribution in [2.45, 2.75) is 50.9 Å². The monoisotopic (exact) mass is 593 g/mol. The lowest BCUT2D eigenvalue weighted by molar-refractivity contribution is -0.128. The van der Waals surface area contributed by atoms with E-state index in [2.05, 4.69) is 55.5 Å². The number of likely N-dealkylation sites (tertiary alicyclic amines) is 1. The van der Waals surface area contributed by atoms with Crippen LogP contribution in [0.4, 0.5) is 10.2 Å². The summed E-state index contributed by atoms with van der Waals surface area (Å²) in [6.07, 6.45) is 1.91. The summed E-state index contributed by atoms with van der Waals surface area (Å²) in [7, 11) is 2.12. The predicted molar refractivity (Wildman–Crippen MR) is 162 cm³/mol. The fourth-order valence-electron chi connectivity index (χ4n) is 6.62. The maximum absolute atomic E-state index is 13.5. The van der Waals surface area contributed by atoms with E-state index in [1.54, 1.807) is 0 Å². The largest absolute Gasteiger partial charge is 0.462 e. The van der Waals surface area contributed by atoms with Crippen LogP contribution in [0.15, 0.2) is 48.8 Å². The molecule has 2 fully saturated rings. The van der Waals surface area contributed by atoms with Gasteiger partial charge in [0.25, 0.3) is 5.91 Å². The van der Waals surface area contributed by atoms with Gasteiger partial charge in [-0.15, -0.1) is 0 Å². The molecule has 3 aliphatic rings. The Kier molecular flexibility index (Phi) is 7.85. The molecule has 1 aromatic heterocycles. The number of piperazine rings is 1. The van der Waals surface area contributed by atoms with Gasteiger partial charge in [0.15, 0.2) is 5.83 Å². The Morgan fingerprint density at radius 3 is 2.57 bits per heavy atom. The summed E-state index contributed by atoms with van der Waals surface area (Å²) in [5.74, 6) is -0.862. The summed E-state index contributed by atoms with van der Waals surface area (Å²) in [5.41, 5.74) is 2.24. The number of halogens is 2. The fraction of sp³-hybridized carbons (Fsp3) is 0.469. The quantitative estimate of drug-likeness (QED) is 0.353. The van der Waals surface area contributed by atoms with Crippen molar-refractivity contribution in [3.63, 3.8) is 0 Å². The van der Waals surface area contributed by atoms with Crippen molar-refractivity contribution >= 4 is 34.1 Å². The number of anilines is 1. The van der Waals surface area contributed by atoms with Gasteiger partial charge in [0.2, 0.25) is 0 Å². The topological polar surface area (TPSA) is 71.0 Å². The minimum Gasteiger partial charge on any atom is -0.462 e. The van der Waals surface area contributed by atoms with Gasteiger partial charge in [-0.05, 0) is 43.5 Å². The first kappa shape index (κ1) is 28.8. The molecule has 0 radical (unpaired) electrons. The number of hydrogen-bond acceptors (Lipinski definition) is 7. The summed E-state index contributed by atoms with van der Waals surface area (Å²) in [6, 6.07) is 12.8. The van der Waals surface area contributed by atoms with Crippen LogP contribution >= 0.6 is 11.6 Å². The second-order valence-corrected chi connectivity index (χ2v) is 12.4. The average molecular weight is 594 g/mol. The van der Waals surface area contributed by atoms with Crippen molar-refractivity contribution < 1.29 is 18.7 Å². The zero-order chi connectivity index (χ0) is 29.6. The number of rotatable bonds is 6. The van der Waals surface area contributed by atoms with Crippen LogP contribution in [0.5, 0.6) is 6.01 Å². The lowest BCUT2D eigenvalue weighted by Crippen LogP contribution is -2.50. The van der Waals surface area contributed by atoms with Gasteiger partial charge < -0.3 is 24.2 Å². The predicted octanol–water partition coefficient (Wildman–Crippen LogP) is 5.44. The summed E-state index contributed by atoms with van der Waals surface area (Å²) >= 11 is 6.73. The molecule has 2 saturated heterocycles. The van der Waals surface area contributed by atoms with E-state index in [0.29, 0.717) is 56.5 Å². The lowest BCUT2D eigenvalue weighted by atomic mass is 9.75. The van der Waals surface area contributed by atoms with Crippen molar-refractivity contribution in [2.75, 3.05) is 51.3 Å². The molecule has 1 amide bonds. The maximum atomic E-state index is 13.5. The molecule has 0 aliphatic carbocycles. The SMILES string of the molecule is C=C(F)C(=O)N1CCN(c2nc(OC[C@@H]3CCCN3C)nc3c2COC(c2cccc4cccc(Cl)c24)C3(C)C)CC1. The van der Waals surface area contributed by atoms with E-state index >= 15 is 0 Å². The van der Waals surface area contributed by atoms with Gasteiger partial charge in [0, 0.05) is 53.6 Å². The van der Waals surface area contributed by atoms with Crippen molar-refractivity contribution in [1.82, 2.24) is 19.8 Å². The van der Waals surface area contributed by atoms with Crippen LogP contribution in [0.3, 0.4) is 0 Å². The highest BCUT2D eigenvalue weighted by molar-refractivity contribution is 6.35. The number of hydrogen-bond donors (Lipinski definition) is 0. The zero-order valence-electron chi connectivity index (χ0n) is 24.4. The minimum absolute atomic E-state index is 0.310. The average Bonchev–Trinajstić information content (AvgIpc) is 3.40. The van der Waals surface area contributed by atoms with Gasteiger partial charge in [-0.1, -0.05) is 62.4 Å². The maximum Gasteiger partial charge on any atom is 0.318 e. The van der Waals surface area contributed by atoms with Crippen molar-refractivity contribution in [2.24, 2.45) is 0 Å². The number of carbonyl (C=O) groups is 1. The molecule has 6 rings (SSSR count). The third-order valence-corrected chi connectivity index (χ3v) is 9.28. The van der Waals surface area contributed by atoms with Gasteiger partial charge in [0.1, 0.15) is 12.4 Å². The van der Waals surface area contributed by atoms with E-state index in [0.717, 1.165) is 52.8 Å². The summed E-state index contributed by atoms with van der Waals surface area (Å²) in [4.78, 5) is 28.1. The molecule has 3 aliphatic heterocycles. The Morgan fingerprint density at radius 1 is 1.14 bits per heavy atom. The van der Waals surface area contributed by atoms with Crippen LogP contribution < -0.4 is 9.64 Å². The Bertz CT molecular complexity index is 1520. The number of likely N-dealkylation sites (N-methyl/N-ethyl adjacent to an activating group) is 1. The number of benzene rings is 2. The van der Waals surface area contributed by atoms with E-state index in [-0.39, 0.29) is 6.10 Å². The van der Waals surface area contributed by atoms with E-state index in [1.807, 2.05) is 18.2 Å². The second kappa shape index (κ2) is 11.4. The Hall–Kier alpha value is -3.27. The summed E-state index contributed by atoms with van der Waals surface area (Å²) in [5, 5.41) is 2.72. The number of fused-ring (bicyclic) bond motifs is 2. The van der Waals surface area contributed by atoms with Crippen molar-refractivity contribution in [1.29, 1.82) is 0 Å². The van der Waals surface area contributed by atoms with E-state index in [1.165, 1.54) is 4.90 Å². The summed E-state index contributed by atoms with van der Waals surface area (Å²) in [6.45, 7) is 11.0. The smallest absolute Gasteiger partial charge is 0.318 e. The Labute approximate surface area is 251 Å². The van der Waals surface area contributed by atoms with Gasteiger partial charge in [-0.25, -0.2) is 4.39 Å². The zero-order valence-corrected chi connectivity index (χ0v) is 25.2.